The second kappa shape index (κ2) is 6.34. The van der Waals surface area contributed by atoms with Crippen LogP contribution in [0.25, 0.3) is 0 Å². The van der Waals surface area contributed by atoms with Crippen LogP contribution in [0.4, 0.5) is 17.1 Å². The summed E-state index contributed by atoms with van der Waals surface area (Å²) in [6.45, 7) is 2.74. The Hall–Kier alpha value is -1.87. The van der Waals surface area contributed by atoms with Crippen molar-refractivity contribution in [2.24, 2.45) is 0 Å². The third-order valence-corrected chi connectivity index (χ3v) is 2.88. The maximum Gasteiger partial charge on any atom is 0.123 e. The molecule has 0 saturated carbocycles. The number of halogens is 1. The van der Waals surface area contributed by atoms with Crippen molar-refractivity contribution in [1.29, 1.82) is 0 Å². The van der Waals surface area contributed by atoms with Gasteiger partial charge < -0.3 is 15.8 Å². The van der Waals surface area contributed by atoms with Gasteiger partial charge in [-0.05, 0) is 24.6 Å². The molecule has 0 aromatic heterocycles. The molecule has 3 nitrogen and oxygen atoms in total. The molecule has 3 N–H and O–H groups in total. The van der Waals surface area contributed by atoms with E-state index < -0.39 is 0 Å². The topological polar surface area (TPSA) is 47.3 Å². The molecule has 0 bridgehead atoms. The predicted octanol–water partition coefficient (Wildman–Crippen LogP) is 4.45. The third-order valence-electron chi connectivity index (χ3n) is 2.55. The number of nitrogens with one attached hydrogen (secondary N) is 1. The Bertz CT molecular complexity index is 558. The molecule has 0 aliphatic carbocycles. The summed E-state index contributed by atoms with van der Waals surface area (Å²) in [6.07, 6.45) is 0.960. The van der Waals surface area contributed by atoms with Crippen LogP contribution >= 0.6 is 11.6 Å². The molecule has 0 heterocycles. The first-order valence-corrected chi connectivity index (χ1v) is 6.61. The standard InChI is InChI=1S/C15H17ClN2O/c1-2-7-19-13-9-11(17)8-12(10-13)18-15-6-4-3-5-14(15)16/h3-6,8-10,18H,2,7,17H2,1H3. The molecule has 2 aromatic carbocycles. The summed E-state index contributed by atoms with van der Waals surface area (Å²) in [5.41, 5.74) is 8.23. The highest BCUT2D eigenvalue weighted by Gasteiger charge is 2.03. The number of hydrogen-bond donors (Lipinski definition) is 2. The lowest BCUT2D eigenvalue weighted by atomic mass is 10.2. The molecule has 0 aliphatic rings. The van der Waals surface area contributed by atoms with E-state index in [1.165, 1.54) is 0 Å². The van der Waals surface area contributed by atoms with E-state index in [0.717, 1.165) is 23.5 Å². The number of ether oxygens (including phenoxy) is 1. The predicted molar refractivity (Wildman–Crippen MR) is 81.4 cm³/mol. The number of nitrogen functional groups attached to an aromatic ring is 1. The van der Waals surface area contributed by atoms with Gasteiger partial charge in [-0.15, -0.1) is 0 Å². The Balaban J connectivity index is 2.20. The van der Waals surface area contributed by atoms with Gasteiger partial charge in [0.1, 0.15) is 5.75 Å². The second-order valence-electron chi connectivity index (χ2n) is 4.24. The van der Waals surface area contributed by atoms with Crippen LogP contribution in [0.3, 0.4) is 0 Å². The van der Waals surface area contributed by atoms with E-state index in [1.807, 2.05) is 42.5 Å². The first-order valence-electron chi connectivity index (χ1n) is 6.24. The lowest BCUT2D eigenvalue weighted by Gasteiger charge is -2.12. The zero-order valence-corrected chi connectivity index (χ0v) is 11.6. The van der Waals surface area contributed by atoms with E-state index in [1.54, 1.807) is 0 Å². The molecule has 0 aliphatic heterocycles. The molecule has 0 fully saturated rings. The van der Waals surface area contributed by atoms with Crippen LogP contribution in [0.15, 0.2) is 42.5 Å². The van der Waals surface area contributed by atoms with Crippen LogP contribution < -0.4 is 15.8 Å². The largest absolute Gasteiger partial charge is 0.493 e. The fourth-order valence-electron chi connectivity index (χ4n) is 1.72. The van der Waals surface area contributed by atoms with Gasteiger partial charge in [0.15, 0.2) is 0 Å². The molecular weight excluding hydrogens is 260 g/mol. The summed E-state index contributed by atoms with van der Waals surface area (Å²) >= 11 is 6.11. The highest BCUT2D eigenvalue weighted by atomic mass is 35.5. The normalized spacial score (nSPS) is 10.2. The molecular formula is C15H17ClN2O. The van der Waals surface area contributed by atoms with E-state index in [-0.39, 0.29) is 0 Å². The Morgan fingerprint density at radius 3 is 2.74 bits per heavy atom. The summed E-state index contributed by atoms with van der Waals surface area (Å²) in [7, 11) is 0. The van der Waals surface area contributed by atoms with Crippen molar-refractivity contribution < 1.29 is 4.74 Å². The first kappa shape index (κ1) is 13.6. The number of para-hydroxylation sites is 1. The molecule has 2 rings (SSSR count). The summed E-state index contributed by atoms with van der Waals surface area (Å²) in [5.74, 6) is 0.761. The molecule has 4 heteroatoms. The quantitative estimate of drug-likeness (QED) is 0.793. The van der Waals surface area contributed by atoms with Crippen molar-refractivity contribution in [1.82, 2.24) is 0 Å². The van der Waals surface area contributed by atoms with E-state index in [9.17, 15) is 0 Å². The van der Waals surface area contributed by atoms with Gasteiger partial charge in [-0.3, -0.25) is 0 Å². The molecule has 0 atom stereocenters. The number of benzene rings is 2. The number of hydrogen-bond acceptors (Lipinski definition) is 3. The van der Waals surface area contributed by atoms with Crippen LogP contribution in [0.5, 0.6) is 5.75 Å². The van der Waals surface area contributed by atoms with Crippen molar-refractivity contribution in [3.8, 4) is 5.75 Å². The smallest absolute Gasteiger partial charge is 0.123 e. The van der Waals surface area contributed by atoms with Gasteiger partial charge >= 0.3 is 0 Å². The summed E-state index contributed by atoms with van der Waals surface area (Å²) in [5, 5.41) is 3.91. The van der Waals surface area contributed by atoms with Crippen LogP contribution in [0.1, 0.15) is 13.3 Å². The van der Waals surface area contributed by atoms with Crippen molar-refractivity contribution in [3.05, 3.63) is 47.5 Å². The van der Waals surface area contributed by atoms with Crippen LogP contribution in [0.2, 0.25) is 5.02 Å². The molecule has 2 aromatic rings. The Kier molecular flexibility index (Phi) is 4.53. The molecule has 100 valence electrons. The maximum atomic E-state index is 6.11. The summed E-state index contributed by atoms with van der Waals surface area (Å²) in [6, 6.07) is 13.1. The van der Waals surface area contributed by atoms with Crippen molar-refractivity contribution in [2.75, 3.05) is 17.7 Å². The van der Waals surface area contributed by atoms with Gasteiger partial charge in [-0.2, -0.15) is 0 Å². The lowest BCUT2D eigenvalue weighted by molar-refractivity contribution is 0.318. The average molecular weight is 277 g/mol. The Morgan fingerprint density at radius 2 is 2.00 bits per heavy atom. The first-order chi connectivity index (χ1) is 9.19. The fourth-order valence-corrected chi connectivity index (χ4v) is 1.90. The van der Waals surface area contributed by atoms with Crippen molar-refractivity contribution >= 4 is 28.7 Å². The van der Waals surface area contributed by atoms with E-state index in [2.05, 4.69) is 12.2 Å². The van der Waals surface area contributed by atoms with Gasteiger partial charge in [0.2, 0.25) is 0 Å². The van der Waals surface area contributed by atoms with Crippen LogP contribution in [-0.4, -0.2) is 6.61 Å². The third kappa shape index (κ3) is 3.80. The summed E-state index contributed by atoms with van der Waals surface area (Å²) in [4.78, 5) is 0. The second-order valence-corrected chi connectivity index (χ2v) is 4.65. The molecule has 0 amide bonds. The minimum atomic E-state index is 0.656. The molecule has 0 unspecified atom stereocenters. The highest BCUT2D eigenvalue weighted by Crippen LogP contribution is 2.28. The Morgan fingerprint density at radius 1 is 1.21 bits per heavy atom. The van der Waals surface area contributed by atoms with Gasteiger partial charge in [0.25, 0.3) is 0 Å². The fraction of sp³-hybridized carbons (Fsp3) is 0.200. The van der Waals surface area contributed by atoms with Crippen molar-refractivity contribution in [3.63, 3.8) is 0 Å². The molecule has 0 spiro atoms. The Labute approximate surface area is 118 Å². The number of rotatable bonds is 5. The maximum absolute atomic E-state index is 6.11. The van der Waals surface area contributed by atoms with Gasteiger partial charge in [0.05, 0.1) is 17.3 Å². The van der Waals surface area contributed by atoms with E-state index in [0.29, 0.717) is 17.3 Å². The SMILES string of the molecule is CCCOc1cc(N)cc(Nc2ccccc2Cl)c1. The van der Waals surface area contributed by atoms with E-state index >= 15 is 0 Å². The highest BCUT2D eigenvalue weighted by molar-refractivity contribution is 6.33. The minimum absolute atomic E-state index is 0.656. The van der Waals surface area contributed by atoms with Gasteiger partial charge in [0, 0.05) is 23.5 Å². The monoisotopic (exact) mass is 276 g/mol. The molecule has 0 saturated heterocycles. The lowest BCUT2D eigenvalue weighted by Crippen LogP contribution is -1.98. The zero-order chi connectivity index (χ0) is 13.7. The number of anilines is 3. The van der Waals surface area contributed by atoms with Crippen LogP contribution in [0, 0.1) is 0 Å². The van der Waals surface area contributed by atoms with Crippen molar-refractivity contribution in [2.45, 2.75) is 13.3 Å². The zero-order valence-electron chi connectivity index (χ0n) is 10.8. The minimum Gasteiger partial charge on any atom is -0.493 e. The van der Waals surface area contributed by atoms with Crippen LogP contribution in [-0.2, 0) is 0 Å². The van der Waals surface area contributed by atoms with Gasteiger partial charge in [-0.25, -0.2) is 0 Å². The molecule has 0 radical (unpaired) electrons. The average Bonchev–Trinajstić information content (AvgIpc) is 2.38. The molecule has 19 heavy (non-hydrogen) atoms. The van der Waals surface area contributed by atoms with E-state index in [4.69, 9.17) is 22.1 Å². The summed E-state index contributed by atoms with van der Waals surface area (Å²) < 4.78 is 5.59. The number of nitrogens with two attached hydrogens (primary N) is 1. The van der Waals surface area contributed by atoms with Gasteiger partial charge in [-0.1, -0.05) is 30.7 Å².